The Balaban J connectivity index is 1.47. The Labute approximate surface area is 143 Å². The Bertz CT molecular complexity index is 631. The molecule has 2 aliphatic heterocycles. The third-order valence-corrected chi connectivity index (χ3v) is 5.45. The van der Waals surface area contributed by atoms with E-state index in [2.05, 4.69) is 33.0 Å². The van der Waals surface area contributed by atoms with Crippen molar-refractivity contribution in [2.75, 3.05) is 26.7 Å². The van der Waals surface area contributed by atoms with Gasteiger partial charge in [-0.3, -0.25) is 14.8 Å². The van der Waals surface area contributed by atoms with Crippen molar-refractivity contribution in [3.63, 3.8) is 0 Å². The monoisotopic (exact) mass is 327 g/mol. The number of furan rings is 1. The van der Waals surface area contributed by atoms with Gasteiger partial charge in [0.25, 0.3) is 0 Å². The molecule has 0 saturated carbocycles. The second-order valence-corrected chi connectivity index (χ2v) is 6.89. The van der Waals surface area contributed by atoms with E-state index in [4.69, 9.17) is 9.15 Å². The predicted octanol–water partition coefficient (Wildman–Crippen LogP) is 2.40. The number of hydrogen-bond acceptors (Lipinski definition) is 5. The van der Waals surface area contributed by atoms with Gasteiger partial charge in [-0.15, -0.1) is 0 Å². The standard InChI is InChI=1S/C19H25N3O2/c1-23-19-6-9-22(12-16-3-2-10-24-16)18-14-21(13-17(18)19)11-15-4-7-20-8-5-15/h2-5,7-8,10,17-19H,6,9,11-14H2,1H3/t17-,18+,19-/m1/s1. The van der Waals surface area contributed by atoms with Gasteiger partial charge in [0.05, 0.1) is 18.9 Å². The van der Waals surface area contributed by atoms with Crippen LogP contribution in [0.15, 0.2) is 47.3 Å². The number of nitrogens with zero attached hydrogens (tertiary/aromatic N) is 3. The highest BCUT2D eigenvalue weighted by Gasteiger charge is 2.44. The van der Waals surface area contributed by atoms with E-state index in [1.807, 2.05) is 25.6 Å². The molecule has 5 nitrogen and oxygen atoms in total. The molecule has 24 heavy (non-hydrogen) atoms. The largest absolute Gasteiger partial charge is 0.468 e. The average Bonchev–Trinajstić information content (AvgIpc) is 3.26. The van der Waals surface area contributed by atoms with Gasteiger partial charge in [0, 0.05) is 57.6 Å². The molecule has 0 unspecified atom stereocenters. The zero-order chi connectivity index (χ0) is 16.4. The summed E-state index contributed by atoms with van der Waals surface area (Å²) in [5, 5.41) is 0. The maximum atomic E-state index is 5.80. The Hall–Kier alpha value is -1.69. The van der Waals surface area contributed by atoms with Crippen LogP contribution in [0.2, 0.25) is 0 Å². The van der Waals surface area contributed by atoms with Gasteiger partial charge in [-0.25, -0.2) is 0 Å². The first kappa shape index (κ1) is 15.8. The van der Waals surface area contributed by atoms with Gasteiger partial charge in [-0.1, -0.05) is 0 Å². The minimum Gasteiger partial charge on any atom is -0.468 e. The van der Waals surface area contributed by atoms with Crippen LogP contribution in [0.4, 0.5) is 0 Å². The van der Waals surface area contributed by atoms with Gasteiger partial charge in [0.15, 0.2) is 0 Å². The zero-order valence-corrected chi connectivity index (χ0v) is 14.2. The first-order valence-electron chi connectivity index (χ1n) is 8.74. The lowest BCUT2D eigenvalue weighted by Crippen LogP contribution is -2.50. The summed E-state index contributed by atoms with van der Waals surface area (Å²) in [6.45, 7) is 5.14. The molecule has 0 aromatic carbocycles. The number of pyridine rings is 1. The van der Waals surface area contributed by atoms with Gasteiger partial charge < -0.3 is 9.15 Å². The molecule has 0 N–H and O–H groups in total. The van der Waals surface area contributed by atoms with Crippen molar-refractivity contribution >= 4 is 0 Å². The van der Waals surface area contributed by atoms with E-state index in [0.29, 0.717) is 18.1 Å². The number of rotatable bonds is 5. The fraction of sp³-hybridized carbons (Fsp3) is 0.526. The lowest BCUT2D eigenvalue weighted by Gasteiger charge is -2.40. The molecule has 4 heterocycles. The minimum absolute atomic E-state index is 0.366. The van der Waals surface area contributed by atoms with Gasteiger partial charge in [-0.05, 0) is 36.2 Å². The topological polar surface area (TPSA) is 41.7 Å². The summed E-state index contributed by atoms with van der Waals surface area (Å²) >= 11 is 0. The van der Waals surface area contributed by atoms with Crippen LogP contribution in [0.3, 0.4) is 0 Å². The first-order chi connectivity index (χ1) is 11.8. The van der Waals surface area contributed by atoms with Crippen molar-refractivity contribution in [1.82, 2.24) is 14.8 Å². The van der Waals surface area contributed by atoms with E-state index in [1.165, 1.54) is 5.56 Å². The molecular formula is C19H25N3O2. The van der Waals surface area contributed by atoms with E-state index >= 15 is 0 Å². The Kier molecular flexibility index (Phi) is 4.65. The summed E-state index contributed by atoms with van der Waals surface area (Å²) in [6, 6.07) is 8.79. The quantitative estimate of drug-likeness (QED) is 0.843. The molecule has 3 atom stereocenters. The summed E-state index contributed by atoms with van der Waals surface area (Å²) < 4.78 is 11.4. The van der Waals surface area contributed by atoms with E-state index in [9.17, 15) is 0 Å². The molecule has 0 radical (unpaired) electrons. The van der Waals surface area contributed by atoms with Crippen LogP contribution < -0.4 is 0 Å². The van der Waals surface area contributed by atoms with E-state index in [-0.39, 0.29) is 0 Å². The van der Waals surface area contributed by atoms with Crippen molar-refractivity contribution in [2.24, 2.45) is 5.92 Å². The molecule has 0 amide bonds. The molecular weight excluding hydrogens is 302 g/mol. The molecule has 128 valence electrons. The molecule has 4 rings (SSSR count). The highest BCUT2D eigenvalue weighted by Crippen LogP contribution is 2.34. The summed E-state index contributed by atoms with van der Waals surface area (Å²) in [6.07, 6.45) is 6.98. The third kappa shape index (κ3) is 3.24. The Morgan fingerprint density at radius 2 is 2.08 bits per heavy atom. The molecule has 2 aliphatic rings. The van der Waals surface area contributed by atoms with Crippen LogP contribution >= 0.6 is 0 Å². The van der Waals surface area contributed by atoms with Gasteiger partial charge in [0.1, 0.15) is 5.76 Å². The van der Waals surface area contributed by atoms with E-state index < -0.39 is 0 Å². The number of likely N-dealkylation sites (tertiary alicyclic amines) is 2. The summed E-state index contributed by atoms with van der Waals surface area (Å²) in [5.74, 6) is 1.62. The predicted molar refractivity (Wildman–Crippen MR) is 91.3 cm³/mol. The second-order valence-electron chi connectivity index (χ2n) is 6.89. The molecule has 2 aromatic heterocycles. The number of aromatic nitrogens is 1. The van der Waals surface area contributed by atoms with Crippen molar-refractivity contribution in [1.29, 1.82) is 0 Å². The lowest BCUT2D eigenvalue weighted by molar-refractivity contribution is -0.0262. The maximum absolute atomic E-state index is 5.80. The summed E-state index contributed by atoms with van der Waals surface area (Å²) in [4.78, 5) is 9.24. The van der Waals surface area contributed by atoms with E-state index in [0.717, 1.165) is 44.9 Å². The van der Waals surface area contributed by atoms with Crippen LogP contribution in [-0.4, -0.2) is 53.7 Å². The summed E-state index contributed by atoms with van der Waals surface area (Å²) in [7, 11) is 1.86. The van der Waals surface area contributed by atoms with Crippen LogP contribution in [-0.2, 0) is 17.8 Å². The van der Waals surface area contributed by atoms with E-state index in [1.54, 1.807) is 6.26 Å². The minimum atomic E-state index is 0.366. The van der Waals surface area contributed by atoms with Crippen LogP contribution in [0, 0.1) is 5.92 Å². The number of fused-ring (bicyclic) bond motifs is 1. The number of hydrogen-bond donors (Lipinski definition) is 0. The Morgan fingerprint density at radius 1 is 1.21 bits per heavy atom. The fourth-order valence-electron chi connectivity index (χ4n) is 4.29. The molecule has 2 saturated heterocycles. The van der Waals surface area contributed by atoms with Crippen LogP contribution in [0.5, 0.6) is 0 Å². The molecule has 0 spiro atoms. The lowest BCUT2D eigenvalue weighted by atomic mass is 9.89. The van der Waals surface area contributed by atoms with Crippen LogP contribution in [0.25, 0.3) is 0 Å². The molecule has 2 fully saturated rings. The maximum Gasteiger partial charge on any atom is 0.117 e. The first-order valence-corrected chi connectivity index (χ1v) is 8.74. The zero-order valence-electron chi connectivity index (χ0n) is 14.2. The van der Waals surface area contributed by atoms with Crippen molar-refractivity contribution in [2.45, 2.75) is 31.7 Å². The van der Waals surface area contributed by atoms with Crippen LogP contribution in [0.1, 0.15) is 17.7 Å². The number of piperidine rings is 1. The van der Waals surface area contributed by atoms with Crippen molar-refractivity contribution < 1.29 is 9.15 Å². The Morgan fingerprint density at radius 3 is 2.83 bits per heavy atom. The van der Waals surface area contributed by atoms with Gasteiger partial charge in [-0.2, -0.15) is 0 Å². The highest BCUT2D eigenvalue weighted by molar-refractivity contribution is 5.11. The molecule has 0 aliphatic carbocycles. The second kappa shape index (κ2) is 7.05. The average molecular weight is 327 g/mol. The fourth-order valence-corrected chi connectivity index (χ4v) is 4.29. The van der Waals surface area contributed by atoms with Gasteiger partial charge in [0.2, 0.25) is 0 Å². The number of methoxy groups -OCH3 is 1. The smallest absolute Gasteiger partial charge is 0.117 e. The normalized spacial score (nSPS) is 28.1. The van der Waals surface area contributed by atoms with Crippen molar-refractivity contribution in [3.8, 4) is 0 Å². The molecule has 5 heteroatoms. The molecule has 2 aromatic rings. The number of ether oxygens (including phenoxy) is 1. The SMILES string of the molecule is CO[C@@H]1CCN(Cc2ccco2)[C@H]2CN(Cc3ccncc3)C[C@@H]12. The third-order valence-electron chi connectivity index (χ3n) is 5.45. The van der Waals surface area contributed by atoms with Crippen molar-refractivity contribution in [3.05, 3.63) is 54.2 Å². The summed E-state index contributed by atoms with van der Waals surface area (Å²) in [5.41, 5.74) is 1.33. The molecule has 0 bridgehead atoms. The van der Waals surface area contributed by atoms with Gasteiger partial charge >= 0.3 is 0 Å². The highest BCUT2D eigenvalue weighted by atomic mass is 16.5.